The number of halogens is 4. The van der Waals surface area contributed by atoms with Gasteiger partial charge in [0, 0.05) is 0 Å². The minimum Gasteiger partial charge on any atom is -0.465 e. The summed E-state index contributed by atoms with van der Waals surface area (Å²) < 4.78 is 58.1. The maximum atomic E-state index is 13.6. The molecule has 0 aliphatic heterocycles. The molecule has 0 atom stereocenters. The van der Waals surface area contributed by atoms with E-state index in [-0.39, 0.29) is 12.3 Å². The highest BCUT2D eigenvalue weighted by molar-refractivity contribution is 8.13. The van der Waals surface area contributed by atoms with E-state index in [9.17, 15) is 31.9 Å². The summed E-state index contributed by atoms with van der Waals surface area (Å²) in [5.41, 5.74) is -5.16. The van der Waals surface area contributed by atoms with E-state index in [2.05, 4.69) is 9.72 Å². The summed E-state index contributed by atoms with van der Waals surface area (Å²) in [6, 6.07) is -2.14. The summed E-state index contributed by atoms with van der Waals surface area (Å²) in [5.74, 6) is -1.76. The average molecular weight is 381 g/mol. The molecule has 0 aliphatic rings. The second-order valence-corrected chi connectivity index (χ2v) is 6.17. The van der Waals surface area contributed by atoms with Crippen LogP contribution in [0.1, 0.15) is 56.3 Å². The van der Waals surface area contributed by atoms with Crippen molar-refractivity contribution in [2.45, 2.75) is 26.4 Å². The number of pyridine rings is 1. The molecule has 0 aliphatic carbocycles. The molecule has 0 aromatic carbocycles. The molecule has 1 heterocycles. The van der Waals surface area contributed by atoms with E-state index in [1.54, 1.807) is 13.8 Å². The van der Waals surface area contributed by atoms with E-state index in [1.165, 1.54) is 6.26 Å². The number of carbonyl (C=O) groups excluding carboxylic acids is 3. The Morgan fingerprint density at radius 2 is 1.76 bits per heavy atom. The number of aromatic nitrogens is 1. The smallest absolute Gasteiger partial charge is 0.434 e. The number of esters is 1. The molecule has 0 bridgehead atoms. The Kier molecular flexibility index (Phi) is 6.69. The lowest BCUT2D eigenvalue weighted by atomic mass is 9.91. The summed E-state index contributed by atoms with van der Waals surface area (Å²) in [5, 5.41) is -1.02. The standard InChI is InChI=1S/C15H15F4NO4S/c1-6(2)5-7-8(12(16)21)10(14(23)25-4)20-11(15(17,18)19)9(7)13(22)24-3/h6H,5H2,1-4H3. The fraction of sp³-hybridized carbons (Fsp3) is 0.467. The first-order valence-corrected chi connectivity index (χ1v) is 8.18. The largest absolute Gasteiger partial charge is 0.465 e. The zero-order chi connectivity index (χ0) is 19.5. The van der Waals surface area contributed by atoms with Crippen molar-refractivity contribution in [3.8, 4) is 0 Å². The molecule has 0 unspecified atom stereocenters. The van der Waals surface area contributed by atoms with Gasteiger partial charge in [0.05, 0.1) is 18.2 Å². The summed E-state index contributed by atoms with van der Waals surface area (Å²) in [6.45, 7) is 3.19. The van der Waals surface area contributed by atoms with Gasteiger partial charge in [-0.05, 0) is 24.2 Å². The molecule has 5 nitrogen and oxygen atoms in total. The van der Waals surface area contributed by atoms with Crippen LogP contribution in [0.3, 0.4) is 0 Å². The minimum absolute atomic E-state index is 0.254. The van der Waals surface area contributed by atoms with Crippen molar-refractivity contribution in [1.82, 2.24) is 4.98 Å². The van der Waals surface area contributed by atoms with Gasteiger partial charge in [0.25, 0.3) is 0 Å². The maximum absolute atomic E-state index is 13.6. The fourth-order valence-corrected chi connectivity index (χ4v) is 2.57. The van der Waals surface area contributed by atoms with Crippen LogP contribution >= 0.6 is 11.8 Å². The predicted molar refractivity (Wildman–Crippen MR) is 82.4 cm³/mol. The molecule has 1 aromatic rings. The highest BCUT2D eigenvalue weighted by Crippen LogP contribution is 2.36. The Bertz CT molecular complexity index is 716. The summed E-state index contributed by atoms with van der Waals surface area (Å²) in [6.07, 6.45) is -4.11. The molecular formula is C15H15F4NO4S. The number of nitrogens with zero attached hydrogens (tertiary/aromatic N) is 1. The second-order valence-electron chi connectivity index (χ2n) is 5.39. The van der Waals surface area contributed by atoms with E-state index >= 15 is 0 Å². The lowest BCUT2D eigenvalue weighted by molar-refractivity contribution is -0.141. The van der Waals surface area contributed by atoms with Crippen LogP contribution in [0.2, 0.25) is 0 Å². The van der Waals surface area contributed by atoms with Gasteiger partial charge < -0.3 is 4.74 Å². The van der Waals surface area contributed by atoms with Crippen molar-refractivity contribution in [3.05, 3.63) is 28.1 Å². The normalized spacial score (nSPS) is 11.6. The number of rotatable bonds is 5. The lowest BCUT2D eigenvalue weighted by Gasteiger charge is -2.19. The van der Waals surface area contributed by atoms with Gasteiger partial charge in [-0.3, -0.25) is 9.59 Å². The number of thioether (sulfide) groups is 1. The Balaban J connectivity index is 4.08. The number of alkyl halides is 3. The van der Waals surface area contributed by atoms with Crippen LogP contribution in [0.5, 0.6) is 0 Å². The molecule has 25 heavy (non-hydrogen) atoms. The number of hydrogen-bond donors (Lipinski definition) is 0. The molecule has 0 saturated carbocycles. The molecular weight excluding hydrogens is 366 g/mol. The van der Waals surface area contributed by atoms with E-state index < -0.39 is 51.4 Å². The van der Waals surface area contributed by atoms with Crippen LogP contribution in [-0.4, -0.2) is 35.5 Å². The first-order valence-electron chi connectivity index (χ1n) is 6.96. The van der Waals surface area contributed by atoms with Crippen molar-refractivity contribution in [2.24, 2.45) is 5.92 Å². The number of hydrogen-bond acceptors (Lipinski definition) is 6. The molecule has 138 valence electrons. The van der Waals surface area contributed by atoms with Gasteiger partial charge in [0.15, 0.2) is 5.69 Å². The van der Waals surface area contributed by atoms with Gasteiger partial charge in [-0.2, -0.15) is 17.6 Å². The third-order valence-electron chi connectivity index (χ3n) is 3.15. The van der Waals surface area contributed by atoms with Crippen LogP contribution < -0.4 is 0 Å². The van der Waals surface area contributed by atoms with E-state index in [1.807, 2.05) is 0 Å². The van der Waals surface area contributed by atoms with E-state index in [0.717, 1.165) is 7.11 Å². The first-order chi connectivity index (χ1) is 11.4. The molecule has 10 heteroatoms. The van der Waals surface area contributed by atoms with Crippen molar-refractivity contribution in [2.75, 3.05) is 13.4 Å². The van der Waals surface area contributed by atoms with Crippen LogP contribution in [-0.2, 0) is 17.3 Å². The Hall–Kier alpha value is -1.97. The third kappa shape index (κ3) is 4.56. The van der Waals surface area contributed by atoms with E-state index in [0.29, 0.717) is 11.8 Å². The fourth-order valence-electron chi connectivity index (χ4n) is 2.23. The molecule has 1 aromatic heterocycles. The van der Waals surface area contributed by atoms with Crippen LogP contribution in [0.15, 0.2) is 0 Å². The average Bonchev–Trinajstić information content (AvgIpc) is 2.50. The molecule has 0 N–H and O–H groups in total. The highest BCUT2D eigenvalue weighted by Gasteiger charge is 2.42. The monoisotopic (exact) mass is 381 g/mol. The predicted octanol–water partition coefficient (Wildman–Crippen LogP) is 3.70. The van der Waals surface area contributed by atoms with Gasteiger partial charge in [-0.25, -0.2) is 9.78 Å². The van der Waals surface area contributed by atoms with Gasteiger partial charge in [-0.1, -0.05) is 25.6 Å². The Morgan fingerprint density at radius 3 is 2.12 bits per heavy atom. The first kappa shape index (κ1) is 21.1. The van der Waals surface area contributed by atoms with Gasteiger partial charge >= 0.3 is 18.2 Å². The molecule has 0 spiro atoms. The Labute approximate surface area is 145 Å². The lowest BCUT2D eigenvalue weighted by Crippen LogP contribution is -2.25. The number of ether oxygens (including phenoxy) is 1. The number of methoxy groups -OCH3 is 1. The quantitative estimate of drug-likeness (QED) is 0.440. The minimum atomic E-state index is -5.11. The van der Waals surface area contributed by atoms with Crippen molar-refractivity contribution in [3.63, 3.8) is 0 Å². The van der Waals surface area contributed by atoms with Crippen LogP contribution in [0.4, 0.5) is 17.6 Å². The zero-order valence-electron chi connectivity index (χ0n) is 13.8. The Morgan fingerprint density at radius 1 is 1.20 bits per heavy atom. The topological polar surface area (TPSA) is 73.3 Å². The van der Waals surface area contributed by atoms with Crippen LogP contribution in [0.25, 0.3) is 0 Å². The van der Waals surface area contributed by atoms with E-state index in [4.69, 9.17) is 0 Å². The molecule has 1 rings (SSSR count). The van der Waals surface area contributed by atoms with Crippen LogP contribution in [0, 0.1) is 5.92 Å². The molecule has 0 fully saturated rings. The third-order valence-corrected chi connectivity index (χ3v) is 3.71. The molecule has 0 amide bonds. The molecule has 0 radical (unpaired) electrons. The van der Waals surface area contributed by atoms with Crippen molar-refractivity contribution in [1.29, 1.82) is 0 Å². The van der Waals surface area contributed by atoms with Crippen molar-refractivity contribution < 1.29 is 36.7 Å². The van der Waals surface area contributed by atoms with Gasteiger partial charge in [-0.15, -0.1) is 0 Å². The van der Waals surface area contributed by atoms with Gasteiger partial charge in [0.2, 0.25) is 5.12 Å². The SMILES string of the molecule is COC(=O)c1c(C(F)(F)F)nc(C(=O)SC)c(C(=O)F)c1CC(C)C. The van der Waals surface area contributed by atoms with Gasteiger partial charge in [0.1, 0.15) is 5.69 Å². The summed E-state index contributed by atoms with van der Waals surface area (Å²) in [7, 11) is 0.847. The maximum Gasteiger partial charge on any atom is 0.434 e. The summed E-state index contributed by atoms with van der Waals surface area (Å²) >= 11 is 0.473. The van der Waals surface area contributed by atoms with Crippen molar-refractivity contribution >= 4 is 28.9 Å². The second kappa shape index (κ2) is 7.94. The highest BCUT2D eigenvalue weighted by atomic mass is 32.2. The summed E-state index contributed by atoms with van der Waals surface area (Å²) in [4.78, 5) is 38.4. The zero-order valence-corrected chi connectivity index (χ0v) is 14.6. The number of carbonyl (C=O) groups is 3. The molecule has 0 saturated heterocycles.